The molecule has 4 aromatic rings. The van der Waals surface area contributed by atoms with Crippen LogP contribution in [-0.2, 0) is 13.0 Å². The fourth-order valence-electron chi connectivity index (χ4n) is 4.83. The van der Waals surface area contributed by atoms with Crippen LogP contribution in [0.1, 0.15) is 34.8 Å². The predicted molar refractivity (Wildman–Crippen MR) is 135 cm³/mol. The van der Waals surface area contributed by atoms with Crippen LogP contribution in [0.2, 0.25) is 0 Å². The third-order valence-electron chi connectivity index (χ3n) is 6.61. The van der Waals surface area contributed by atoms with E-state index in [1.54, 1.807) is 12.1 Å². The zero-order chi connectivity index (χ0) is 24.5. The number of nitrogens with zero attached hydrogens (tertiary/aromatic N) is 2. The molecule has 1 atom stereocenters. The third kappa shape index (κ3) is 4.62. The summed E-state index contributed by atoms with van der Waals surface area (Å²) in [6.07, 6.45) is 2.79. The van der Waals surface area contributed by atoms with Gasteiger partial charge in [0, 0.05) is 42.6 Å². The summed E-state index contributed by atoms with van der Waals surface area (Å²) in [5, 5.41) is 14.1. The van der Waals surface area contributed by atoms with Crippen LogP contribution in [0.3, 0.4) is 0 Å². The van der Waals surface area contributed by atoms with Crippen LogP contribution in [0.5, 0.6) is 0 Å². The average molecular weight is 474 g/mol. The number of H-pyrrole nitrogens is 1. The van der Waals surface area contributed by atoms with E-state index in [0.29, 0.717) is 17.9 Å². The van der Waals surface area contributed by atoms with E-state index in [2.05, 4.69) is 33.2 Å². The lowest BCUT2D eigenvalue weighted by Crippen LogP contribution is -2.22. The van der Waals surface area contributed by atoms with Crippen molar-refractivity contribution in [3.05, 3.63) is 77.2 Å². The Labute approximate surface area is 202 Å². The second kappa shape index (κ2) is 9.48. The van der Waals surface area contributed by atoms with E-state index < -0.39 is 5.91 Å². The van der Waals surface area contributed by atoms with Crippen molar-refractivity contribution < 1.29 is 14.3 Å². The van der Waals surface area contributed by atoms with Gasteiger partial charge in [-0.3, -0.25) is 9.69 Å². The number of likely N-dealkylation sites (tertiary alicyclic amines) is 1. The summed E-state index contributed by atoms with van der Waals surface area (Å²) >= 11 is 0. The maximum absolute atomic E-state index is 13.4. The molecule has 0 bridgehead atoms. The fraction of sp³-hybridized carbons (Fsp3) is 0.259. The molecule has 8 heteroatoms. The lowest BCUT2D eigenvalue weighted by atomic mass is 10.0. The summed E-state index contributed by atoms with van der Waals surface area (Å²) in [6, 6.07) is 14.2. The molecule has 1 saturated heterocycles. The standard InChI is InChI=1S/C27H28FN5O2/c1-2-20-17(14-33-11-10-19(34)15-33)4-3-5-23(20)31-25-21-12-24(16-6-8-18(28)9-7-16)32-27(21)30-13-22(25)26(29)35/h3-9,12-13,19,34H,2,10-11,14-15H2,1H3,(H2,29,35)(H2,30,31,32). The number of hydrogen-bond donors (Lipinski definition) is 4. The largest absolute Gasteiger partial charge is 0.392 e. The Morgan fingerprint density at radius 3 is 2.77 bits per heavy atom. The number of nitrogens with one attached hydrogen (secondary N) is 2. The van der Waals surface area contributed by atoms with Gasteiger partial charge in [-0.2, -0.15) is 0 Å². The van der Waals surface area contributed by atoms with E-state index in [4.69, 9.17) is 5.73 Å². The van der Waals surface area contributed by atoms with Gasteiger partial charge in [-0.15, -0.1) is 0 Å². The average Bonchev–Trinajstić information content (AvgIpc) is 3.46. The third-order valence-corrected chi connectivity index (χ3v) is 6.61. The Bertz CT molecular complexity index is 1380. The smallest absolute Gasteiger partial charge is 0.252 e. The molecular weight excluding hydrogens is 445 g/mol. The SMILES string of the molecule is CCc1c(CN2CCC(O)C2)cccc1Nc1c(C(N)=O)cnc2[nH]c(-c3ccc(F)cc3)cc12. The molecule has 0 radical (unpaired) electrons. The lowest BCUT2D eigenvalue weighted by Gasteiger charge is -2.21. The minimum atomic E-state index is -0.577. The molecule has 2 aromatic carbocycles. The van der Waals surface area contributed by atoms with Gasteiger partial charge in [0.1, 0.15) is 11.5 Å². The molecule has 5 rings (SSSR count). The summed E-state index contributed by atoms with van der Waals surface area (Å²) < 4.78 is 13.4. The molecule has 0 saturated carbocycles. The highest BCUT2D eigenvalue weighted by Crippen LogP contribution is 2.34. The van der Waals surface area contributed by atoms with Gasteiger partial charge in [0.2, 0.25) is 0 Å². The first-order chi connectivity index (χ1) is 16.9. The normalized spacial score (nSPS) is 16.1. The zero-order valence-corrected chi connectivity index (χ0v) is 19.5. The number of β-amino-alcohol motifs (C(OH)–C–C–N with tert-alkyl or cyclic N) is 1. The molecule has 5 N–H and O–H groups in total. The molecule has 1 unspecified atom stereocenters. The number of fused-ring (bicyclic) bond motifs is 1. The van der Waals surface area contributed by atoms with Gasteiger partial charge < -0.3 is 21.1 Å². The van der Waals surface area contributed by atoms with Crippen LogP contribution in [0, 0.1) is 5.82 Å². The molecule has 0 spiro atoms. The molecule has 1 fully saturated rings. The number of rotatable bonds is 7. The van der Waals surface area contributed by atoms with Crippen molar-refractivity contribution in [2.75, 3.05) is 18.4 Å². The second-order valence-electron chi connectivity index (χ2n) is 8.96. The highest BCUT2D eigenvalue weighted by Gasteiger charge is 2.22. The second-order valence-corrected chi connectivity index (χ2v) is 8.96. The molecule has 1 aliphatic rings. The van der Waals surface area contributed by atoms with E-state index in [1.165, 1.54) is 23.9 Å². The predicted octanol–water partition coefficient (Wildman–Crippen LogP) is 4.34. The van der Waals surface area contributed by atoms with Crippen molar-refractivity contribution in [2.24, 2.45) is 5.73 Å². The molecule has 35 heavy (non-hydrogen) atoms. The first-order valence-corrected chi connectivity index (χ1v) is 11.8. The summed E-state index contributed by atoms with van der Waals surface area (Å²) in [6.45, 7) is 4.40. The number of aliphatic hydroxyl groups is 1. The Balaban J connectivity index is 1.56. The molecule has 180 valence electrons. The number of carbonyl (C=O) groups excluding carboxylic acids is 1. The first-order valence-electron chi connectivity index (χ1n) is 11.8. The van der Waals surface area contributed by atoms with E-state index in [-0.39, 0.29) is 17.5 Å². The van der Waals surface area contributed by atoms with Crippen molar-refractivity contribution in [3.63, 3.8) is 0 Å². The van der Waals surface area contributed by atoms with E-state index in [1.807, 2.05) is 18.2 Å². The van der Waals surface area contributed by atoms with E-state index in [9.17, 15) is 14.3 Å². The summed E-state index contributed by atoms with van der Waals surface area (Å²) in [5.41, 5.74) is 12.0. The molecule has 7 nitrogen and oxygen atoms in total. The van der Waals surface area contributed by atoms with Gasteiger partial charge >= 0.3 is 0 Å². The number of halogens is 1. The molecular formula is C27H28FN5O2. The van der Waals surface area contributed by atoms with Crippen molar-refractivity contribution in [1.29, 1.82) is 0 Å². The lowest BCUT2D eigenvalue weighted by molar-refractivity contribution is 0.100. The van der Waals surface area contributed by atoms with Crippen molar-refractivity contribution in [1.82, 2.24) is 14.9 Å². The quantitative estimate of drug-likeness (QED) is 0.319. The van der Waals surface area contributed by atoms with Gasteiger partial charge in [-0.25, -0.2) is 9.37 Å². The topological polar surface area (TPSA) is 107 Å². The molecule has 0 aliphatic carbocycles. The highest BCUT2D eigenvalue weighted by atomic mass is 19.1. The molecule has 1 amide bonds. The summed E-state index contributed by atoms with van der Waals surface area (Å²) in [7, 11) is 0. The molecule has 3 heterocycles. The van der Waals surface area contributed by atoms with Gasteiger partial charge in [0.25, 0.3) is 5.91 Å². The number of primary amides is 1. The summed E-state index contributed by atoms with van der Waals surface area (Å²) in [4.78, 5) is 22.2. The van der Waals surface area contributed by atoms with Crippen molar-refractivity contribution in [3.8, 4) is 11.3 Å². The van der Waals surface area contributed by atoms with Gasteiger partial charge in [-0.05, 0) is 65.9 Å². The Morgan fingerprint density at radius 1 is 1.29 bits per heavy atom. The zero-order valence-electron chi connectivity index (χ0n) is 19.5. The maximum Gasteiger partial charge on any atom is 0.252 e. The molecule has 1 aliphatic heterocycles. The van der Waals surface area contributed by atoms with E-state index >= 15 is 0 Å². The number of hydrogen-bond acceptors (Lipinski definition) is 5. The number of aromatic nitrogens is 2. The van der Waals surface area contributed by atoms with Crippen LogP contribution < -0.4 is 11.1 Å². The van der Waals surface area contributed by atoms with Crippen molar-refractivity contribution >= 4 is 28.3 Å². The van der Waals surface area contributed by atoms with Crippen LogP contribution in [0.4, 0.5) is 15.8 Å². The van der Waals surface area contributed by atoms with Crippen LogP contribution in [0.25, 0.3) is 22.3 Å². The minimum Gasteiger partial charge on any atom is -0.392 e. The summed E-state index contributed by atoms with van der Waals surface area (Å²) in [5.74, 6) is -0.886. The fourth-order valence-corrected chi connectivity index (χ4v) is 4.83. The number of nitrogens with two attached hydrogens (primary N) is 1. The molecule has 2 aromatic heterocycles. The van der Waals surface area contributed by atoms with Crippen LogP contribution >= 0.6 is 0 Å². The van der Waals surface area contributed by atoms with Gasteiger partial charge in [0.05, 0.1) is 17.4 Å². The highest BCUT2D eigenvalue weighted by molar-refractivity contribution is 6.08. The minimum absolute atomic E-state index is 0.270. The number of aromatic amines is 1. The van der Waals surface area contributed by atoms with Gasteiger partial charge in [0.15, 0.2) is 0 Å². The Kier molecular flexibility index (Phi) is 6.23. The maximum atomic E-state index is 13.4. The van der Waals surface area contributed by atoms with Gasteiger partial charge in [-0.1, -0.05) is 19.1 Å². The monoisotopic (exact) mass is 473 g/mol. The Morgan fingerprint density at radius 2 is 2.09 bits per heavy atom. The number of carbonyl (C=O) groups is 1. The number of aliphatic hydroxyl groups excluding tert-OH is 1. The number of anilines is 2. The van der Waals surface area contributed by atoms with E-state index in [0.717, 1.165) is 53.8 Å². The van der Waals surface area contributed by atoms with Crippen LogP contribution in [-0.4, -0.2) is 45.1 Å². The number of benzene rings is 2. The van der Waals surface area contributed by atoms with Crippen LogP contribution in [0.15, 0.2) is 54.7 Å². The first kappa shape index (κ1) is 23.0. The van der Waals surface area contributed by atoms with Crippen molar-refractivity contribution in [2.45, 2.75) is 32.4 Å². The Hall–Kier alpha value is -3.75. The number of pyridine rings is 1. The number of amides is 1.